The Kier molecular flexibility index (Phi) is 7.35. The van der Waals surface area contributed by atoms with Crippen LogP contribution in [-0.2, 0) is 10.8 Å². The van der Waals surface area contributed by atoms with E-state index in [9.17, 15) is 0 Å². The summed E-state index contributed by atoms with van der Waals surface area (Å²) in [4.78, 5) is 2.51. The van der Waals surface area contributed by atoms with Gasteiger partial charge in [0.05, 0.1) is 27.8 Å². The third-order valence-corrected chi connectivity index (χ3v) is 15.8. The van der Waals surface area contributed by atoms with E-state index in [-0.39, 0.29) is 11.3 Å². The average Bonchev–Trinajstić information content (AvgIpc) is 3.85. The number of nitrogens with zero attached hydrogens (tertiary/aromatic N) is 2. The minimum Gasteiger partial charge on any atom is -0.454 e. The minimum absolute atomic E-state index is 0.156. The highest BCUT2D eigenvalue weighted by Gasteiger charge is 2.52. The van der Waals surface area contributed by atoms with Crippen molar-refractivity contribution in [3.8, 4) is 39.4 Å². The van der Waals surface area contributed by atoms with Crippen LogP contribution in [0, 0.1) is 5.92 Å². The van der Waals surface area contributed by atoms with Crippen molar-refractivity contribution >= 4 is 44.4 Å². The Hall–Kier alpha value is -8.40. The summed E-state index contributed by atoms with van der Waals surface area (Å²) in [7, 11) is 0. The van der Waals surface area contributed by atoms with Crippen LogP contribution in [0.25, 0.3) is 55.3 Å². The van der Waals surface area contributed by atoms with Crippen LogP contribution in [0.5, 0.6) is 11.5 Å². The second-order valence-electron chi connectivity index (χ2n) is 18.9. The molecule has 1 aromatic heterocycles. The molecule has 3 atom stereocenters. The number of hydrogen-bond donors (Lipinski definition) is 0. The summed E-state index contributed by atoms with van der Waals surface area (Å²) in [6.45, 7) is 2.45. The molecule has 3 nitrogen and oxygen atoms in total. The van der Waals surface area contributed by atoms with Crippen LogP contribution in [0.2, 0.25) is 0 Å². The molecule has 3 heteroatoms. The maximum absolute atomic E-state index is 7.23. The highest BCUT2D eigenvalue weighted by Crippen LogP contribution is 2.64. The Morgan fingerprint density at radius 3 is 1.87 bits per heavy atom. The Labute approximate surface area is 389 Å². The topological polar surface area (TPSA) is 17.4 Å². The van der Waals surface area contributed by atoms with Crippen LogP contribution in [0.1, 0.15) is 45.9 Å². The second kappa shape index (κ2) is 13.3. The molecule has 67 heavy (non-hydrogen) atoms. The number of aromatic nitrogens is 1. The van der Waals surface area contributed by atoms with Crippen molar-refractivity contribution in [1.29, 1.82) is 0 Å². The summed E-state index contributed by atoms with van der Waals surface area (Å²) >= 11 is 0. The lowest BCUT2D eigenvalue weighted by atomic mass is 9.66. The number of hydrogen-bond acceptors (Lipinski definition) is 2. The van der Waals surface area contributed by atoms with Gasteiger partial charge in [0.2, 0.25) is 0 Å². The molecule has 9 aromatic carbocycles. The Balaban J connectivity index is 0.994. The lowest BCUT2D eigenvalue weighted by Gasteiger charge is -2.40. The molecule has 314 valence electrons. The standard InChI is InChI=1S/C64H42N2O/c1-63-41-18-3-2-17-40(37-41)44-19-6-12-28-57(44)65(43-33-35-47(56(63)39-43)45-20-4-9-24-51(45)63)42-34-36-53-50(38-42)46-21-5-10-25-52(46)64(53)54-26-11-15-32-61(54)67-62-55(64)27-16-31-60(62)66-58-29-13-7-22-48(58)49-23-8-14-30-59(49)66/h2-39,41H,1H3. The van der Waals surface area contributed by atoms with Crippen LogP contribution in [0.4, 0.5) is 17.1 Å². The smallest absolute Gasteiger partial charge is 0.156 e. The molecule has 1 spiro atoms. The summed E-state index contributed by atoms with van der Waals surface area (Å²) < 4.78 is 9.63. The Morgan fingerprint density at radius 1 is 0.448 bits per heavy atom. The normalized spacial score (nSPS) is 19.7. The van der Waals surface area contributed by atoms with Crippen molar-refractivity contribution in [2.45, 2.75) is 17.8 Å². The summed E-state index contributed by atoms with van der Waals surface area (Å²) in [5.41, 5.74) is 20.9. The van der Waals surface area contributed by atoms with Crippen LogP contribution in [0.3, 0.4) is 0 Å². The van der Waals surface area contributed by atoms with E-state index in [4.69, 9.17) is 4.74 Å². The Bertz CT molecular complexity index is 3850. The van der Waals surface area contributed by atoms with Crippen LogP contribution < -0.4 is 9.64 Å². The molecule has 0 radical (unpaired) electrons. The van der Waals surface area contributed by atoms with Gasteiger partial charge in [-0.15, -0.1) is 0 Å². The van der Waals surface area contributed by atoms with Crippen molar-refractivity contribution < 1.29 is 4.74 Å². The van der Waals surface area contributed by atoms with Crippen molar-refractivity contribution in [2.24, 2.45) is 5.92 Å². The molecule has 0 fully saturated rings. The first-order valence-electron chi connectivity index (χ1n) is 23.5. The van der Waals surface area contributed by atoms with Gasteiger partial charge in [-0.3, -0.25) is 0 Å². The van der Waals surface area contributed by atoms with Gasteiger partial charge in [0.15, 0.2) is 5.75 Å². The number of benzene rings is 9. The van der Waals surface area contributed by atoms with Gasteiger partial charge in [0, 0.05) is 50.2 Å². The fraction of sp³-hybridized carbons (Fsp3) is 0.0625. The summed E-state index contributed by atoms with van der Waals surface area (Å²) in [5, 5.41) is 2.45. The van der Waals surface area contributed by atoms with E-state index < -0.39 is 5.41 Å². The molecular weight excluding hydrogens is 813 g/mol. The number of allylic oxidation sites excluding steroid dienone is 6. The third-order valence-electron chi connectivity index (χ3n) is 15.8. The highest BCUT2D eigenvalue weighted by atomic mass is 16.5. The van der Waals surface area contributed by atoms with E-state index in [0.717, 1.165) is 56.4 Å². The van der Waals surface area contributed by atoms with Gasteiger partial charge in [-0.1, -0.05) is 183 Å². The number of fused-ring (bicyclic) bond motifs is 20. The van der Waals surface area contributed by atoms with Crippen molar-refractivity contribution in [3.63, 3.8) is 0 Å². The quantitative estimate of drug-likeness (QED) is 0.172. The van der Waals surface area contributed by atoms with Crippen molar-refractivity contribution in [3.05, 3.63) is 270 Å². The molecule has 5 aliphatic rings. The molecule has 2 aliphatic heterocycles. The van der Waals surface area contributed by atoms with Gasteiger partial charge in [-0.2, -0.15) is 0 Å². The summed E-state index contributed by atoms with van der Waals surface area (Å²) in [5.74, 6) is 1.91. The lowest BCUT2D eigenvalue weighted by molar-refractivity contribution is 0.435. The zero-order chi connectivity index (χ0) is 44.0. The highest BCUT2D eigenvalue weighted by molar-refractivity contribution is 6.09. The van der Waals surface area contributed by atoms with E-state index in [1.807, 2.05) is 0 Å². The Morgan fingerprint density at radius 2 is 1.04 bits per heavy atom. The van der Waals surface area contributed by atoms with E-state index in [1.165, 1.54) is 66.4 Å². The van der Waals surface area contributed by atoms with E-state index in [0.29, 0.717) is 0 Å². The molecule has 0 N–H and O–H groups in total. The van der Waals surface area contributed by atoms with Gasteiger partial charge < -0.3 is 14.2 Å². The molecule has 10 aromatic rings. The maximum Gasteiger partial charge on any atom is 0.156 e. The molecule has 0 saturated carbocycles. The monoisotopic (exact) mass is 854 g/mol. The minimum atomic E-state index is -0.647. The van der Waals surface area contributed by atoms with Crippen molar-refractivity contribution in [2.75, 3.05) is 4.90 Å². The van der Waals surface area contributed by atoms with E-state index in [2.05, 4.69) is 247 Å². The van der Waals surface area contributed by atoms with Crippen molar-refractivity contribution in [1.82, 2.24) is 4.57 Å². The number of rotatable bonds is 2. The number of ether oxygens (including phenoxy) is 1. The predicted molar refractivity (Wildman–Crippen MR) is 274 cm³/mol. The molecule has 3 heterocycles. The predicted octanol–water partition coefficient (Wildman–Crippen LogP) is 16.1. The van der Waals surface area contributed by atoms with Gasteiger partial charge in [0.1, 0.15) is 5.75 Å². The van der Waals surface area contributed by atoms with Crippen LogP contribution in [-0.4, -0.2) is 4.57 Å². The lowest BCUT2D eigenvalue weighted by Crippen LogP contribution is -2.32. The molecule has 3 unspecified atom stereocenters. The fourth-order valence-corrected chi connectivity index (χ4v) is 12.9. The SMILES string of the molecule is CC12c3ccccc3-c3ccc(cc31)N(c1ccc3c(c1)-c1ccccc1C31c3ccccc3Oc3c(-n4c5ccccc5c5ccccc54)cccc31)c1ccccc1C1=CC2C=CC=C1. The zero-order valence-corrected chi connectivity index (χ0v) is 36.8. The molecule has 15 rings (SSSR count). The molecule has 3 aliphatic carbocycles. The largest absolute Gasteiger partial charge is 0.454 e. The molecular formula is C64H42N2O. The van der Waals surface area contributed by atoms with E-state index >= 15 is 0 Å². The maximum atomic E-state index is 7.23. The van der Waals surface area contributed by atoms with Gasteiger partial charge >= 0.3 is 0 Å². The first-order valence-corrected chi connectivity index (χ1v) is 23.5. The first kappa shape index (κ1) is 36.9. The molecule has 0 amide bonds. The number of para-hydroxylation sites is 5. The van der Waals surface area contributed by atoms with Crippen LogP contribution in [0.15, 0.2) is 231 Å². The second-order valence-corrected chi connectivity index (χ2v) is 18.9. The zero-order valence-electron chi connectivity index (χ0n) is 36.8. The number of anilines is 3. The van der Waals surface area contributed by atoms with Gasteiger partial charge in [0.25, 0.3) is 0 Å². The molecule has 4 bridgehead atoms. The third kappa shape index (κ3) is 4.70. The van der Waals surface area contributed by atoms with Crippen LogP contribution >= 0.6 is 0 Å². The van der Waals surface area contributed by atoms with Gasteiger partial charge in [-0.25, -0.2) is 0 Å². The average molecular weight is 855 g/mol. The summed E-state index contributed by atoms with van der Waals surface area (Å²) in [6.07, 6.45) is 11.7. The summed E-state index contributed by atoms with van der Waals surface area (Å²) in [6, 6.07) is 74.4. The molecule has 0 saturated heterocycles. The van der Waals surface area contributed by atoms with Gasteiger partial charge in [-0.05, 0) is 105 Å². The van der Waals surface area contributed by atoms with E-state index in [1.54, 1.807) is 0 Å². The first-order chi connectivity index (χ1) is 33.1. The fourth-order valence-electron chi connectivity index (χ4n) is 12.9.